The standard InChI is InChI=1S/C22H24F4N2O3/c1-30-19-6-2-4-15(12-19)16-5-3-11-28(13-16)14-20(22(24,25)26)31-21(29)27-18-9-7-17(23)8-10-18/h2,4,6-10,12,16,20H,3,5,11,13-14H2,1H3,(H,27,29)/t16?,20-/m0/s1. The van der Waals surface area contributed by atoms with Crippen LogP contribution in [-0.2, 0) is 4.74 Å². The number of likely N-dealkylation sites (tertiary alicyclic amines) is 1. The second-order valence-electron chi connectivity index (χ2n) is 7.44. The summed E-state index contributed by atoms with van der Waals surface area (Å²) in [5.41, 5.74) is 1.14. The minimum Gasteiger partial charge on any atom is -0.497 e. The SMILES string of the molecule is COc1cccc(C2CCCN(C[C@H](OC(=O)Nc3ccc(F)cc3)C(F)(F)F)C2)c1. The molecule has 0 aromatic heterocycles. The van der Waals surface area contributed by atoms with E-state index in [1.54, 1.807) is 12.0 Å². The van der Waals surface area contributed by atoms with Gasteiger partial charge in [0.05, 0.1) is 7.11 Å². The van der Waals surface area contributed by atoms with Crippen LogP contribution in [0.2, 0.25) is 0 Å². The summed E-state index contributed by atoms with van der Waals surface area (Å²) in [7, 11) is 1.56. The first kappa shape index (κ1) is 22.9. The molecule has 2 atom stereocenters. The molecule has 1 N–H and O–H groups in total. The van der Waals surface area contributed by atoms with Crippen molar-refractivity contribution in [2.45, 2.75) is 31.0 Å². The van der Waals surface area contributed by atoms with E-state index in [2.05, 4.69) is 5.32 Å². The predicted molar refractivity (Wildman–Crippen MR) is 108 cm³/mol. The van der Waals surface area contributed by atoms with Crippen molar-refractivity contribution >= 4 is 11.8 Å². The number of nitrogens with one attached hydrogen (secondary N) is 1. The average molecular weight is 440 g/mol. The molecule has 1 amide bonds. The highest BCUT2D eigenvalue weighted by Gasteiger charge is 2.44. The molecule has 2 aromatic rings. The number of piperidine rings is 1. The second kappa shape index (κ2) is 10.00. The number of carbonyl (C=O) groups excluding carboxylic acids is 1. The molecule has 5 nitrogen and oxygen atoms in total. The predicted octanol–water partition coefficient (Wildman–Crippen LogP) is 5.19. The number of halogens is 4. The zero-order chi connectivity index (χ0) is 22.4. The number of nitrogens with zero attached hydrogens (tertiary/aromatic N) is 1. The third-order valence-corrected chi connectivity index (χ3v) is 5.20. The van der Waals surface area contributed by atoms with Crippen LogP contribution in [0.1, 0.15) is 24.3 Å². The lowest BCUT2D eigenvalue weighted by Gasteiger charge is -2.35. The molecule has 9 heteroatoms. The van der Waals surface area contributed by atoms with E-state index in [1.165, 1.54) is 12.1 Å². The number of ether oxygens (including phenoxy) is 2. The van der Waals surface area contributed by atoms with Gasteiger partial charge in [-0.25, -0.2) is 9.18 Å². The second-order valence-corrected chi connectivity index (χ2v) is 7.44. The van der Waals surface area contributed by atoms with Gasteiger partial charge in [0, 0.05) is 18.8 Å². The van der Waals surface area contributed by atoms with Gasteiger partial charge < -0.3 is 9.47 Å². The Morgan fingerprint density at radius 2 is 1.97 bits per heavy atom. The van der Waals surface area contributed by atoms with E-state index in [0.717, 1.165) is 30.5 Å². The first-order valence-electron chi connectivity index (χ1n) is 9.91. The Morgan fingerprint density at radius 3 is 2.65 bits per heavy atom. The Kier molecular flexibility index (Phi) is 7.37. The summed E-state index contributed by atoms with van der Waals surface area (Å²) in [5, 5.41) is 2.20. The molecule has 168 valence electrons. The van der Waals surface area contributed by atoms with Crippen molar-refractivity contribution in [3.05, 3.63) is 59.9 Å². The third-order valence-electron chi connectivity index (χ3n) is 5.20. The average Bonchev–Trinajstić information content (AvgIpc) is 2.74. The molecule has 0 spiro atoms. The highest BCUT2D eigenvalue weighted by molar-refractivity contribution is 5.84. The summed E-state index contributed by atoms with van der Waals surface area (Å²) in [6.07, 6.45) is -6.66. The molecule has 1 unspecified atom stereocenters. The van der Waals surface area contributed by atoms with Gasteiger partial charge in [-0.15, -0.1) is 0 Å². The van der Waals surface area contributed by atoms with Gasteiger partial charge >= 0.3 is 12.3 Å². The number of hydrogen-bond donors (Lipinski definition) is 1. The smallest absolute Gasteiger partial charge is 0.426 e. The molecule has 1 aliphatic heterocycles. The van der Waals surface area contributed by atoms with E-state index in [0.29, 0.717) is 18.8 Å². The molecule has 0 aliphatic carbocycles. The number of carbonyl (C=O) groups is 1. The maximum atomic E-state index is 13.5. The zero-order valence-corrected chi connectivity index (χ0v) is 17.0. The minimum absolute atomic E-state index is 0.0609. The summed E-state index contributed by atoms with van der Waals surface area (Å²) in [6.45, 7) is 0.444. The lowest BCUT2D eigenvalue weighted by molar-refractivity contribution is -0.207. The van der Waals surface area contributed by atoms with Crippen molar-refractivity contribution in [1.82, 2.24) is 4.90 Å². The lowest BCUT2D eigenvalue weighted by Crippen LogP contribution is -2.47. The summed E-state index contributed by atoms with van der Waals surface area (Å²) in [4.78, 5) is 13.7. The van der Waals surface area contributed by atoms with Gasteiger partial charge in [0.15, 0.2) is 0 Å². The number of hydrogen-bond acceptors (Lipinski definition) is 4. The molecule has 31 heavy (non-hydrogen) atoms. The normalized spacial score (nSPS) is 18.3. The van der Waals surface area contributed by atoms with Crippen LogP contribution in [0.5, 0.6) is 5.75 Å². The van der Waals surface area contributed by atoms with Crippen LogP contribution in [0, 0.1) is 5.82 Å². The van der Waals surface area contributed by atoms with Crippen LogP contribution in [0.25, 0.3) is 0 Å². The molecule has 3 rings (SSSR count). The van der Waals surface area contributed by atoms with E-state index < -0.39 is 30.7 Å². The van der Waals surface area contributed by atoms with Crippen molar-refractivity contribution in [1.29, 1.82) is 0 Å². The van der Waals surface area contributed by atoms with Crippen LogP contribution in [-0.4, -0.2) is 50.0 Å². The number of methoxy groups -OCH3 is 1. The number of rotatable bonds is 6. The van der Waals surface area contributed by atoms with Crippen LogP contribution in [0.3, 0.4) is 0 Å². The highest BCUT2D eigenvalue weighted by atomic mass is 19.4. The molecule has 1 saturated heterocycles. The molecule has 1 fully saturated rings. The van der Waals surface area contributed by atoms with Gasteiger partial charge in [-0.3, -0.25) is 10.2 Å². The summed E-state index contributed by atoms with van der Waals surface area (Å²) in [6, 6.07) is 12.1. The summed E-state index contributed by atoms with van der Waals surface area (Å²) in [5.74, 6) is 0.233. The van der Waals surface area contributed by atoms with Crippen molar-refractivity contribution < 1.29 is 31.8 Å². The fourth-order valence-electron chi connectivity index (χ4n) is 3.64. The quantitative estimate of drug-likeness (QED) is 0.628. The molecule has 0 radical (unpaired) electrons. The van der Waals surface area contributed by atoms with Crippen molar-refractivity contribution in [2.75, 3.05) is 32.1 Å². The van der Waals surface area contributed by atoms with Crippen molar-refractivity contribution in [3.8, 4) is 5.75 Å². The monoisotopic (exact) mass is 440 g/mol. The van der Waals surface area contributed by atoms with E-state index in [4.69, 9.17) is 9.47 Å². The molecule has 1 heterocycles. The molecular formula is C22H24F4N2O3. The van der Waals surface area contributed by atoms with Gasteiger partial charge in [0.2, 0.25) is 6.10 Å². The number of anilines is 1. The highest BCUT2D eigenvalue weighted by Crippen LogP contribution is 2.31. The molecule has 2 aromatic carbocycles. The van der Waals surface area contributed by atoms with Crippen LogP contribution in [0.15, 0.2) is 48.5 Å². The minimum atomic E-state index is -4.72. The Bertz CT molecular complexity index is 874. The molecule has 0 bridgehead atoms. The first-order valence-corrected chi connectivity index (χ1v) is 9.91. The maximum absolute atomic E-state index is 13.5. The van der Waals surface area contributed by atoms with E-state index >= 15 is 0 Å². The zero-order valence-electron chi connectivity index (χ0n) is 17.0. The third kappa shape index (κ3) is 6.58. The van der Waals surface area contributed by atoms with E-state index in [-0.39, 0.29) is 11.6 Å². The Balaban J connectivity index is 1.63. The van der Waals surface area contributed by atoms with Crippen LogP contribution in [0.4, 0.5) is 28.0 Å². The van der Waals surface area contributed by atoms with Gasteiger partial charge in [-0.1, -0.05) is 12.1 Å². The van der Waals surface area contributed by atoms with Crippen LogP contribution >= 0.6 is 0 Å². The number of benzene rings is 2. The number of alkyl halides is 3. The largest absolute Gasteiger partial charge is 0.497 e. The first-order chi connectivity index (χ1) is 14.7. The molecular weight excluding hydrogens is 416 g/mol. The summed E-state index contributed by atoms with van der Waals surface area (Å²) >= 11 is 0. The van der Waals surface area contributed by atoms with E-state index in [9.17, 15) is 22.4 Å². The molecule has 0 saturated carbocycles. The van der Waals surface area contributed by atoms with Crippen LogP contribution < -0.4 is 10.1 Å². The van der Waals surface area contributed by atoms with Gasteiger partial charge in [-0.05, 0) is 67.3 Å². The maximum Gasteiger partial charge on any atom is 0.426 e. The number of amides is 1. The van der Waals surface area contributed by atoms with Crippen molar-refractivity contribution in [3.63, 3.8) is 0 Å². The Hall–Kier alpha value is -2.81. The van der Waals surface area contributed by atoms with Gasteiger partial charge in [0.25, 0.3) is 0 Å². The van der Waals surface area contributed by atoms with Gasteiger partial charge in [-0.2, -0.15) is 13.2 Å². The Morgan fingerprint density at radius 1 is 1.23 bits per heavy atom. The summed E-state index contributed by atoms with van der Waals surface area (Å²) < 4.78 is 63.5. The van der Waals surface area contributed by atoms with E-state index in [1.807, 2.05) is 24.3 Å². The Labute approximate surface area is 177 Å². The lowest BCUT2D eigenvalue weighted by atomic mass is 9.90. The van der Waals surface area contributed by atoms with Gasteiger partial charge in [0.1, 0.15) is 11.6 Å². The topological polar surface area (TPSA) is 50.8 Å². The fourth-order valence-corrected chi connectivity index (χ4v) is 3.64. The molecule has 1 aliphatic rings. The fraction of sp³-hybridized carbons (Fsp3) is 0.409. The van der Waals surface area contributed by atoms with Crippen molar-refractivity contribution in [2.24, 2.45) is 0 Å².